The summed E-state index contributed by atoms with van der Waals surface area (Å²) in [5, 5.41) is 7.79. The minimum Gasteiger partial charge on any atom is -0.311 e. The van der Waals surface area contributed by atoms with Crippen LogP contribution in [0.3, 0.4) is 0 Å². The molecule has 4 heteroatoms. The van der Waals surface area contributed by atoms with Crippen molar-refractivity contribution in [1.29, 1.82) is 0 Å². The van der Waals surface area contributed by atoms with Gasteiger partial charge in [0.05, 0.1) is 6.54 Å². The second kappa shape index (κ2) is 5.46. The van der Waals surface area contributed by atoms with Crippen molar-refractivity contribution in [3.8, 4) is 0 Å². The monoisotopic (exact) mass is 222 g/mol. The van der Waals surface area contributed by atoms with Gasteiger partial charge in [-0.1, -0.05) is 6.92 Å². The van der Waals surface area contributed by atoms with Crippen molar-refractivity contribution in [2.24, 2.45) is 0 Å². The van der Waals surface area contributed by atoms with E-state index in [1.807, 2.05) is 23.1 Å². The number of aromatic nitrogens is 2. The van der Waals surface area contributed by atoms with Gasteiger partial charge >= 0.3 is 0 Å². The molecule has 16 heavy (non-hydrogen) atoms. The molecule has 4 nitrogen and oxygen atoms in total. The molecule has 2 rings (SSSR count). The standard InChI is InChI=1S/C12H22N4/c1-3-12-9-13-11(2)10-15(12)7-8-16-6-4-5-14-16/h4-6,11-13H,3,7-10H2,1-2H3. The summed E-state index contributed by atoms with van der Waals surface area (Å²) in [5.74, 6) is 0. The van der Waals surface area contributed by atoms with E-state index in [4.69, 9.17) is 0 Å². The molecule has 0 spiro atoms. The Morgan fingerprint density at radius 1 is 1.44 bits per heavy atom. The summed E-state index contributed by atoms with van der Waals surface area (Å²) < 4.78 is 2.01. The predicted octanol–water partition coefficient (Wildman–Crippen LogP) is 0.955. The Bertz CT molecular complexity index is 296. The van der Waals surface area contributed by atoms with Crippen LogP contribution in [0.4, 0.5) is 0 Å². The number of hydrogen-bond acceptors (Lipinski definition) is 3. The molecular weight excluding hydrogens is 200 g/mol. The lowest BCUT2D eigenvalue weighted by Crippen LogP contribution is -2.55. The van der Waals surface area contributed by atoms with Crippen molar-refractivity contribution >= 4 is 0 Å². The fourth-order valence-electron chi connectivity index (χ4n) is 2.37. The van der Waals surface area contributed by atoms with Crippen molar-refractivity contribution in [2.45, 2.75) is 38.9 Å². The van der Waals surface area contributed by atoms with Crippen molar-refractivity contribution in [1.82, 2.24) is 20.0 Å². The van der Waals surface area contributed by atoms with Gasteiger partial charge in [-0.2, -0.15) is 5.10 Å². The number of hydrogen-bond donors (Lipinski definition) is 1. The van der Waals surface area contributed by atoms with E-state index in [1.165, 1.54) is 6.42 Å². The topological polar surface area (TPSA) is 33.1 Å². The van der Waals surface area contributed by atoms with Gasteiger partial charge in [0, 0.05) is 44.1 Å². The lowest BCUT2D eigenvalue weighted by Gasteiger charge is -2.39. The first kappa shape index (κ1) is 11.6. The lowest BCUT2D eigenvalue weighted by atomic mass is 10.1. The normalized spacial score (nSPS) is 27.1. The van der Waals surface area contributed by atoms with Gasteiger partial charge in [0.1, 0.15) is 0 Å². The van der Waals surface area contributed by atoms with Gasteiger partial charge in [0.2, 0.25) is 0 Å². The zero-order valence-electron chi connectivity index (χ0n) is 10.3. The second-order valence-corrected chi connectivity index (χ2v) is 4.64. The molecule has 2 heterocycles. The molecule has 0 aromatic carbocycles. The molecule has 1 aliphatic heterocycles. The molecule has 0 radical (unpaired) electrons. The Kier molecular flexibility index (Phi) is 3.96. The first-order chi connectivity index (χ1) is 7.79. The molecule has 1 aromatic rings. The minimum atomic E-state index is 0.612. The molecule has 1 aromatic heterocycles. The highest BCUT2D eigenvalue weighted by Gasteiger charge is 2.23. The Balaban J connectivity index is 1.85. The first-order valence-electron chi connectivity index (χ1n) is 6.24. The average molecular weight is 222 g/mol. The fourth-order valence-corrected chi connectivity index (χ4v) is 2.37. The van der Waals surface area contributed by atoms with E-state index in [-0.39, 0.29) is 0 Å². The summed E-state index contributed by atoms with van der Waals surface area (Å²) in [7, 11) is 0. The summed E-state index contributed by atoms with van der Waals surface area (Å²) in [5.41, 5.74) is 0. The molecule has 90 valence electrons. The van der Waals surface area contributed by atoms with Crippen molar-refractivity contribution in [3.05, 3.63) is 18.5 Å². The van der Waals surface area contributed by atoms with Crippen molar-refractivity contribution in [2.75, 3.05) is 19.6 Å². The van der Waals surface area contributed by atoms with Gasteiger partial charge in [-0.25, -0.2) is 0 Å². The molecule has 1 fully saturated rings. The third-order valence-electron chi connectivity index (χ3n) is 3.37. The molecule has 2 atom stereocenters. The van der Waals surface area contributed by atoms with Gasteiger partial charge in [-0.3, -0.25) is 9.58 Å². The van der Waals surface area contributed by atoms with E-state index in [2.05, 4.69) is 29.2 Å². The summed E-state index contributed by atoms with van der Waals surface area (Å²) in [6.07, 6.45) is 5.10. The third-order valence-corrected chi connectivity index (χ3v) is 3.37. The number of piperazine rings is 1. The maximum absolute atomic E-state index is 4.24. The summed E-state index contributed by atoms with van der Waals surface area (Å²) in [6.45, 7) is 8.90. The quantitative estimate of drug-likeness (QED) is 0.823. The minimum absolute atomic E-state index is 0.612. The van der Waals surface area contributed by atoms with E-state index in [0.717, 1.165) is 26.2 Å². The molecule has 1 aliphatic rings. The van der Waals surface area contributed by atoms with Gasteiger partial charge in [-0.15, -0.1) is 0 Å². The van der Waals surface area contributed by atoms with Crippen molar-refractivity contribution in [3.63, 3.8) is 0 Å². The van der Waals surface area contributed by atoms with E-state index < -0.39 is 0 Å². The highest BCUT2D eigenvalue weighted by atomic mass is 15.3. The summed E-state index contributed by atoms with van der Waals surface area (Å²) in [6, 6.07) is 3.28. The lowest BCUT2D eigenvalue weighted by molar-refractivity contribution is 0.125. The van der Waals surface area contributed by atoms with Gasteiger partial charge in [0.25, 0.3) is 0 Å². The second-order valence-electron chi connectivity index (χ2n) is 4.64. The predicted molar refractivity (Wildman–Crippen MR) is 65.3 cm³/mol. The van der Waals surface area contributed by atoms with Crippen LogP contribution in [-0.4, -0.2) is 46.4 Å². The van der Waals surface area contributed by atoms with E-state index >= 15 is 0 Å². The molecular formula is C12H22N4. The highest BCUT2D eigenvalue weighted by molar-refractivity contribution is 4.84. The van der Waals surface area contributed by atoms with Gasteiger partial charge < -0.3 is 5.32 Å². The number of nitrogens with one attached hydrogen (secondary N) is 1. The number of rotatable bonds is 4. The zero-order valence-corrected chi connectivity index (χ0v) is 10.3. The largest absolute Gasteiger partial charge is 0.311 e. The molecule has 1 saturated heterocycles. The van der Waals surface area contributed by atoms with E-state index in [0.29, 0.717) is 12.1 Å². The average Bonchev–Trinajstić information content (AvgIpc) is 2.79. The highest BCUT2D eigenvalue weighted by Crippen LogP contribution is 2.10. The zero-order chi connectivity index (χ0) is 11.4. The van der Waals surface area contributed by atoms with Crippen LogP contribution in [0, 0.1) is 0 Å². The summed E-state index contributed by atoms with van der Waals surface area (Å²) in [4.78, 5) is 2.59. The van der Waals surface area contributed by atoms with Crippen LogP contribution in [0.25, 0.3) is 0 Å². The molecule has 2 unspecified atom stereocenters. The van der Waals surface area contributed by atoms with Crippen LogP contribution in [0.15, 0.2) is 18.5 Å². The molecule has 0 aliphatic carbocycles. The van der Waals surface area contributed by atoms with Crippen LogP contribution in [0.2, 0.25) is 0 Å². The Hall–Kier alpha value is -0.870. The van der Waals surface area contributed by atoms with Crippen LogP contribution in [-0.2, 0) is 6.54 Å². The maximum Gasteiger partial charge on any atom is 0.0536 e. The molecule has 0 amide bonds. The first-order valence-corrected chi connectivity index (χ1v) is 6.24. The molecule has 0 bridgehead atoms. The van der Waals surface area contributed by atoms with E-state index in [1.54, 1.807) is 0 Å². The molecule has 0 saturated carbocycles. The van der Waals surface area contributed by atoms with Crippen LogP contribution >= 0.6 is 0 Å². The number of nitrogens with zero attached hydrogens (tertiary/aromatic N) is 3. The van der Waals surface area contributed by atoms with Crippen LogP contribution < -0.4 is 5.32 Å². The SMILES string of the molecule is CCC1CNC(C)CN1CCn1cccn1. The fraction of sp³-hybridized carbons (Fsp3) is 0.750. The van der Waals surface area contributed by atoms with Crippen LogP contribution in [0.1, 0.15) is 20.3 Å². The summed E-state index contributed by atoms with van der Waals surface area (Å²) >= 11 is 0. The maximum atomic E-state index is 4.24. The Morgan fingerprint density at radius 2 is 2.31 bits per heavy atom. The Labute approximate surface area is 97.6 Å². The third kappa shape index (κ3) is 2.83. The van der Waals surface area contributed by atoms with Crippen LogP contribution in [0.5, 0.6) is 0 Å². The van der Waals surface area contributed by atoms with Gasteiger partial charge in [0.15, 0.2) is 0 Å². The van der Waals surface area contributed by atoms with E-state index in [9.17, 15) is 0 Å². The Morgan fingerprint density at radius 3 is 3.00 bits per heavy atom. The smallest absolute Gasteiger partial charge is 0.0536 e. The van der Waals surface area contributed by atoms with Gasteiger partial charge in [-0.05, 0) is 19.4 Å². The molecule has 1 N–H and O–H groups in total. The van der Waals surface area contributed by atoms with Crippen molar-refractivity contribution < 1.29 is 0 Å².